The summed E-state index contributed by atoms with van der Waals surface area (Å²) in [4.78, 5) is 18.9. The summed E-state index contributed by atoms with van der Waals surface area (Å²) in [5.41, 5.74) is 4.48. The lowest BCUT2D eigenvalue weighted by Crippen LogP contribution is -2.43. The van der Waals surface area contributed by atoms with Crippen LogP contribution in [0.4, 0.5) is 19.0 Å². The van der Waals surface area contributed by atoms with Crippen molar-refractivity contribution in [2.45, 2.75) is 114 Å². The number of hydrogen-bond acceptors (Lipinski definition) is 9. The van der Waals surface area contributed by atoms with Gasteiger partial charge in [0.25, 0.3) is 0 Å². The van der Waals surface area contributed by atoms with Gasteiger partial charge in [-0.2, -0.15) is 9.97 Å². The van der Waals surface area contributed by atoms with Gasteiger partial charge in [0.05, 0.1) is 28.6 Å². The first kappa shape index (κ1) is 40.8. The van der Waals surface area contributed by atoms with E-state index in [2.05, 4.69) is 62.8 Å². The number of methoxy groups -OCH3 is 1. The average molecular weight is 816 g/mol. The van der Waals surface area contributed by atoms with Crippen LogP contribution in [0, 0.1) is 23.1 Å². The van der Waals surface area contributed by atoms with Gasteiger partial charge in [-0.3, -0.25) is 9.88 Å². The van der Waals surface area contributed by atoms with E-state index in [9.17, 15) is 4.39 Å². The van der Waals surface area contributed by atoms with Gasteiger partial charge in [0.1, 0.15) is 49.4 Å². The van der Waals surface area contributed by atoms with Gasteiger partial charge in [-0.05, 0) is 78.9 Å². The van der Waals surface area contributed by atoms with Crippen molar-refractivity contribution >= 4 is 35.6 Å². The lowest BCUT2D eigenvalue weighted by molar-refractivity contribution is 0.0512. The van der Waals surface area contributed by atoms with Crippen LogP contribution in [0.1, 0.15) is 85.6 Å². The first-order valence-corrected chi connectivity index (χ1v) is 23.2. The Morgan fingerprint density at radius 1 is 0.983 bits per heavy atom. The number of nitrogens with zero attached hydrogens (tertiary/aromatic N) is 5. The highest BCUT2D eigenvalue weighted by atomic mass is 28.3. The highest BCUT2D eigenvalue weighted by molar-refractivity contribution is 6.90. The normalized spacial score (nSPS) is 21.9. The fourth-order valence-electron chi connectivity index (χ4n) is 10.5. The topological polar surface area (TPSA) is 82.1 Å². The van der Waals surface area contributed by atoms with E-state index in [-0.39, 0.29) is 41.7 Å². The third-order valence-corrected chi connectivity index (χ3v) is 19.8. The van der Waals surface area contributed by atoms with E-state index in [0.717, 1.165) is 38.6 Å². The molecule has 5 heterocycles. The second kappa shape index (κ2) is 15.9. The van der Waals surface area contributed by atoms with Crippen LogP contribution in [0.15, 0.2) is 30.5 Å². The van der Waals surface area contributed by atoms with Crippen molar-refractivity contribution in [2.75, 3.05) is 58.3 Å². The van der Waals surface area contributed by atoms with E-state index in [1.807, 2.05) is 0 Å². The molecule has 2 aromatic carbocycles. The molecule has 0 unspecified atom stereocenters. The van der Waals surface area contributed by atoms with Crippen molar-refractivity contribution in [3.8, 4) is 34.5 Å². The molecule has 4 aliphatic rings. The zero-order chi connectivity index (χ0) is 41.0. The molecule has 58 heavy (non-hydrogen) atoms. The molecule has 1 aliphatic carbocycles. The molecule has 9 nitrogen and oxygen atoms in total. The Balaban J connectivity index is 1.33. The predicted molar refractivity (Wildman–Crippen MR) is 224 cm³/mol. The molecule has 13 heteroatoms. The van der Waals surface area contributed by atoms with Gasteiger partial charge in [0, 0.05) is 50.4 Å². The van der Waals surface area contributed by atoms with E-state index in [1.54, 1.807) is 24.4 Å². The molecule has 0 bridgehead atoms. The average Bonchev–Trinajstić information content (AvgIpc) is 3.83. The Morgan fingerprint density at radius 2 is 1.76 bits per heavy atom. The summed E-state index contributed by atoms with van der Waals surface area (Å²) in [7, 11) is -0.767. The number of halogens is 3. The summed E-state index contributed by atoms with van der Waals surface area (Å²) in [6.07, 6.45) is 5.46. The number of anilines is 1. The summed E-state index contributed by atoms with van der Waals surface area (Å²) in [5, 5.41) is 1.50. The molecule has 3 saturated heterocycles. The third-order valence-electron chi connectivity index (χ3n) is 13.5. The van der Waals surface area contributed by atoms with Crippen LogP contribution in [0.3, 0.4) is 0 Å². The Kier molecular flexibility index (Phi) is 11.2. The highest BCUT2D eigenvalue weighted by Gasteiger charge is 2.51. The maximum atomic E-state index is 17.7. The number of pyridine rings is 1. The zero-order valence-corrected chi connectivity index (χ0v) is 35.9. The van der Waals surface area contributed by atoms with Crippen LogP contribution in [-0.2, 0) is 9.47 Å². The lowest BCUT2D eigenvalue weighted by atomic mass is 9.95. The SMILES string of the molecule is COCOc1cc(-c2ncc3c(N4CCCOCC45CC5)nc(OC[C@@]45CCCN4C[C@H](F)C5)nc3c2F)c2c(C#C[Si](C(C)C)(C(C)C)C(C)C)c(F)ccc2c1. The van der Waals surface area contributed by atoms with E-state index in [1.165, 1.54) is 13.2 Å². The minimum atomic E-state index is -2.29. The number of rotatable bonds is 11. The van der Waals surface area contributed by atoms with Crippen molar-refractivity contribution in [3.05, 3.63) is 47.7 Å². The van der Waals surface area contributed by atoms with Crippen molar-refractivity contribution in [1.29, 1.82) is 0 Å². The Hall–Kier alpha value is -3.96. The number of benzene rings is 2. The van der Waals surface area contributed by atoms with Crippen LogP contribution in [0.2, 0.25) is 16.6 Å². The minimum absolute atomic E-state index is 0.0262. The van der Waals surface area contributed by atoms with Crippen LogP contribution in [0.25, 0.3) is 32.9 Å². The molecule has 0 radical (unpaired) electrons. The molecule has 4 aromatic rings. The van der Waals surface area contributed by atoms with Gasteiger partial charge in [-0.25, -0.2) is 13.2 Å². The fourth-order valence-corrected chi connectivity index (χ4v) is 15.7. The van der Waals surface area contributed by atoms with Crippen molar-refractivity contribution in [1.82, 2.24) is 19.9 Å². The van der Waals surface area contributed by atoms with Gasteiger partial charge in [0.15, 0.2) is 12.6 Å². The van der Waals surface area contributed by atoms with Gasteiger partial charge in [-0.1, -0.05) is 53.5 Å². The van der Waals surface area contributed by atoms with Crippen molar-refractivity contribution < 1.29 is 32.1 Å². The van der Waals surface area contributed by atoms with Gasteiger partial charge in [0.2, 0.25) is 0 Å². The van der Waals surface area contributed by atoms with Gasteiger partial charge >= 0.3 is 6.01 Å². The molecular weight excluding hydrogens is 760 g/mol. The molecule has 3 aliphatic heterocycles. The van der Waals surface area contributed by atoms with Crippen molar-refractivity contribution in [3.63, 3.8) is 0 Å². The van der Waals surface area contributed by atoms with Crippen LogP contribution >= 0.6 is 0 Å². The standard InChI is InChI=1S/C45H56F3N5O4Si/c1-28(2)58(29(3)4,30(5)6)19-12-34-37(47)11-10-31-20-33(57-27-54-7)21-35(38(31)34)40-39(48)41-36(23-49-40)42(53-17-9-18-55-25-44(53)14-15-44)51-43(50-41)56-26-45-13-8-16-52(45)24-32(46)22-45/h10-11,20-21,23,28-30,32H,8-9,13-18,22,24-27H2,1-7H3/t32-,45+/m1/s1. The quantitative estimate of drug-likeness (QED) is 0.0836. The molecule has 0 amide bonds. The highest BCUT2D eigenvalue weighted by Crippen LogP contribution is 2.48. The molecular formula is C45H56F3N5O4Si. The molecule has 4 fully saturated rings. The summed E-state index contributed by atoms with van der Waals surface area (Å²) < 4.78 is 72.3. The number of hydrogen-bond donors (Lipinski definition) is 0. The largest absolute Gasteiger partial charge is 0.468 e. The molecule has 1 saturated carbocycles. The van der Waals surface area contributed by atoms with Crippen LogP contribution < -0.4 is 14.4 Å². The van der Waals surface area contributed by atoms with E-state index >= 15 is 8.78 Å². The molecule has 8 rings (SSSR count). The smallest absolute Gasteiger partial charge is 0.319 e. The van der Waals surface area contributed by atoms with Crippen molar-refractivity contribution in [2.24, 2.45) is 0 Å². The molecule has 0 N–H and O–H groups in total. The number of alkyl halides is 1. The maximum absolute atomic E-state index is 17.7. The van der Waals surface area contributed by atoms with Gasteiger partial charge in [-0.15, -0.1) is 5.54 Å². The van der Waals surface area contributed by atoms with Crippen LogP contribution in [-0.4, -0.2) is 98.5 Å². The molecule has 2 atom stereocenters. The Morgan fingerprint density at radius 3 is 2.48 bits per heavy atom. The minimum Gasteiger partial charge on any atom is -0.468 e. The second-order valence-corrected chi connectivity index (χ2v) is 23.4. The molecule has 310 valence electrons. The fraction of sp³-hybridized carbons (Fsp3) is 0.578. The van der Waals surface area contributed by atoms with Crippen LogP contribution in [0.5, 0.6) is 11.8 Å². The van der Waals surface area contributed by atoms with E-state index in [0.29, 0.717) is 82.6 Å². The molecule has 2 aromatic heterocycles. The summed E-state index contributed by atoms with van der Waals surface area (Å²) >= 11 is 0. The summed E-state index contributed by atoms with van der Waals surface area (Å²) in [6, 6.07) is 6.56. The summed E-state index contributed by atoms with van der Waals surface area (Å²) in [6.45, 7) is 16.5. The number of aromatic nitrogens is 3. The lowest BCUT2D eigenvalue weighted by Gasteiger charge is -2.38. The Labute approximate surface area is 341 Å². The first-order valence-electron chi connectivity index (χ1n) is 21.0. The summed E-state index contributed by atoms with van der Waals surface area (Å²) in [5.74, 6) is 3.09. The van der Waals surface area contributed by atoms with Gasteiger partial charge < -0.3 is 23.8 Å². The predicted octanol–water partition coefficient (Wildman–Crippen LogP) is 9.39. The number of fused-ring (bicyclic) bond motifs is 3. The van der Waals surface area contributed by atoms with E-state index < -0.39 is 31.4 Å². The maximum Gasteiger partial charge on any atom is 0.319 e. The second-order valence-electron chi connectivity index (χ2n) is 17.8. The third kappa shape index (κ3) is 7.11. The zero-order valence-electron chi connectivity index (χ0n) is 34.9. The monoisotopic (exact) mass is 815 g/mol. The number of ether oxygens (including phenoxy) is 4. The van der Waals surface area contributed by atoms with E-state index in [4.69, 9.17) is 33.9 Å². The molecule has 1 spiro atoms. The first-order chi connectivity index (χ1) is 27.8. The Bertz CT molecular complexity index is 2240.